The van der Waals surface area contributed by atoms with E-state index in [0.717, 1.165) is 18.4 Å². The van der Waals surface area contributed by atoms with E-state index >= 15 is 0 Å². The number of halogens is 1. The quantitative estimate of drug-likeness (QED) is 0.550. The minimum absolute atomic E-state index is 0.0405. The van der Waals surface area contributed by atoms with Crippen molar-refractivity contribution >= 4 is 15.9 Å². The van der Waals surface area contributed by atoms with Crippen molar-refractivity contribution in [3.63, 3.8) is 0 Å². The predicted molar refractivity (Wildman–Crippen MR) is 52.5 cm³/mol. The highest BCUT2D eigenvalue weighted by molar-refractivity contribution is 9.09. The Morgan fingerprint density at radius 1 is 1.42 bits per heavy atom. The van der Waals surface area contributed by atoms with Crippen molar-refractivity contribution in [2.45, 2.75) is 25.6 Å². The first-order valence-electron chi connectivity index (χ1n) is 4.37. The van der Waals surface area contributed by atoms with Crippen molar-refractivity contribution < 1.29 is 9.47 Å². The summed E-state index contributed by atoms with van der Waals surface area (Å²) in [6, 6.07) is 0. The Hall–Kier alpha value is 0.140. The zero-order chi connectivity index (χ0) is 8.65. The molecule has 1 heterocycles. The van der Waals surface area contributed by atoms with Crippen molar-refractivity contribution in [1.82, 2.24) is 0 Å². The maximum absolute atomic E-state index is 5.46. The average Bonchev–Trinajstić information content (AvgIpc) is 2.14. The summed E-state index contributed by atoms with van der Waals surface area (Å²) < 4.78 is 10.8. The molecule has 0 aliphatic carbocycles. The second-order valence-electron chi connectivity index (χ2n) is 2.76. The van der Waals surface area contributed by atoms with Crippen molar-refractivity contribution in [2.75, 3.05) is 18.5 Å². The lowest BCUT2D eigenvalue weighted by molar-refractivity contribution is -0.155. The van der Waals surface area contributed by atoms with E-state index in [1.54, 1.807) is 0 Å². The van der Waals surface area contributed by atoms with E-state index in [4.69, 9.17) is 9.47 Å². The minimum atomic E-state index is 0.0405. The number of rotatable bonds is 4. The number of hydrogen-bond donors (Lipinski definition) is 0. The molecule has 1 fully saturated rings. The minimum Gasteiger partial charge on any atom is -0.353 e. The molecule has 1 rings (SSSR count). The highest BCUT2D eigenvalue weighted by Gasteiger charge is 2.12. The third-order valence-electron chi connectivity index (χ3n) is 1.77. The van der Waals surface area contributed by atoms with Crippen LogP contribution in [-0.2, 0) is 9.47 Å². The molecule has 0 amide bonds. The Morgan fingerprint density at radius 2 is 2.33 bits per heavy atom. The summed E-state index contributed by atoms with van der Waals surface area (Å²) in [7, 11) is 0. The molecule has 0 aromatic rings. The summed E-state index contributed by atoms with van der Waals surface area (Å²) in [4.78, 5) is 0. The maximum atomic E-state index is 5.46. The molecule has 12 heavy (non-hydrogen) atoms. The van der Waals surface area contributed by atoms with E-state index in [9.17, 15) is 0 Å². The van der Waals surface area contributed by atoms with Crippen molar-refractivity contribution in [2.24, 2.45) is 0 Å². The molecule has 0 spiro atoms. The molecule has 0 aromatic carbocycles. The van der Waals surface area contributed by atoms with Crippen LogP contribution in [0.15, 0.2) is 12.2 Å². The Labute approximate surface area is 82.1 Å². The van der Waals surface area contributed by atoms with Gasteiger partial charge in [0, 0.05) is 11.9 Å². The van der Waals surface area contributed by atoms with Crippen molar-refractivity contribution in [1.29, 1.82) is 0 Å². The average molecular weight is 235 g/mol. The number of ether oxygens (including phenoxy) is 2. The molecule has 1 saturated heterocycles. The van der Waals surface area contributed by atoms with E-state index < -0.39 is 0 Å². The molecule has 0 N–H and O–H groups in total. The highest BCUT2D eigenvalue weighted by atomic mass is 79.9. The predicted octanol–water partition coefficient (Wildman–Crippen LogP) is 2.48. The van der Waals surface area contributed by atoms with Gasteiger partial charge in [0.1, 0.15) is 0 Å². The van der Waals surface area contributed by atoms with E-state index in [1.165, 1.54) is 12.8 Å². The largest absolute Gasteiger partial charge is 0.353 e. The maximum Gasteiger partial charge on any atom is 0.157 e. The lowest BCUT2D eigenvalue weighted by Crippen LogP contribution is -2.22. The van der Waals surface area contributed by atoms with Gasteiger partial charge in [-0.05, 0) is 19.3 Å². The molecule has 1 aliphatic rings. The van der Waals surface area contributed by atoms with Gasteiger partial charge in [-0.15, -0.1) is 0 Å². The first kappa shape index (κ1) is 10.2. The fourth-order valence-electron chi connectivity index (χ4n) is 1.14. The zero-order valence-electron chi connectivity index (χ0n) is 7.17. The van der Waals surface area contributed by atoms with Crippen LogP contribution in [0, 0.1) is 0 Å². The molecular weight excluding hydrogens is 220 g/mol. The van der Waals surface area contributed by atoms with Gasteiger partial charge in [-0.25, -0.2) is 0 Å². The Bertz CT molecular complexity index is 130. The SMILES string of the molecule is BrC/C=C\CO[C@H]1CCCCO1. The van der Waals surface area contributed by atoms with Gasteiger partial charge in [0.25, 0.3) is 0 Å². The highest BCUT2D eigenvalue weighted by Crippen LogP contribution is 2.13. The van der Waals surface area contributed by atoms with Crippen molar-refractivity contribution in [3.05, 3.63) is 12.2 Å². The molecule has 0 radical (unpaired) electrons. The second-order valence-corrected chi connectivity index (χ2v) is 3.40. The Morgan fingerprint density at radius 3 is 3.00 bits per heavy atom. The van der Waals surface area contributed by atoms with Gasteiger partial charge in [-0.3, -0.25) is 0 Å². The van der Waals surface area contributed by atoms with Crippen LogP contribution < -0.4 is 0 Å². The number of alkyl halides is 1. The molecular formula is C9H15BrO2. The van der Waals surface area contributed by atoms with Gasteiger partial charge in [0.15, 0.2) is 6.29 Å². The van der Waals surface area contributed by atoms with E-state index in [1.807, 2.05) is 12.2 Å². The summed E-state index contributed by atoms with van der Waals surface area (Å²) in [6.07, 6.45) is 7.53. The summed E-state index contributed by atoms with van der Waals surface area (Å²) in [5.74, 6) is 0. The lowest BCUT2D eigenvalue weighted by atomic mass is 10.2. The van der Waals surface area contributed by atoms with Crippen LogP contribution >= 0.6 is 15.9 Å². The molecule has 0 saturated carbocycles. The third-order valence-corrected chi connectivity index (χ3v) is 2.15. The van der Waals surface area contributed by atoms with Crippen LogP contribution in [0.4, 0.5) is 0 Å². The first-order chi connectivity index (χ1) is 5.93. The molecule has 1 aliphatic heterocycles. The van der Waals surface area contributed by atoms with E-state index in [0.29, 0.717) is 6.61 Å². The van der Waals surface area contributed by atoms with Crippen LogP contribution in [0.3, 0.4) is 0 Å². The molecule has 70 valence electrons. The van der Waals surface area contributed by atoms with Gasteiger partial charge in [0.05, 0.1) is 6.61 Å². The summed E-state index contributed by atoms with van der Waals surface area (Å²) >= 11 is 3.30. The fourth-order valence-corrected chi connectivity index (χ4v) is 1.40. The van der Waals surface area contributed by atoms with Crippen LogP contribution in [0.25, 0.3) is 0 Å². The van der Waals surface area contributed by atoms with Crippen LogP contribution in [0.1, 0.15) is 19.3 Å². The normalized spacial score (nSPS) is 24.9. The molecule has 0 bridgehead atoms. The summed E-state index contributed by atoms with van der Waals surface area (Å²) in [5.41, 5.74) is 0. The van der Waals surface area contributed by atoms with Crippen LogP contribution in [0.5, 0.6) is 0 Å². The topological polar surface area (TPSA) is 18.5 Å². The van der Waals surface area contributed by atoms with Gasteiger partial charge >= 0.3 is 0 Å². The van der Waals surface area contributed by atoms with Crippen LogP contribution in [0.2, 0.25) is 0 Å². The Kier molecular flexibility index (Phi) is 5.65. The van der Waals surface area contributed by atoms with Crippen molar-refractivity contribution in [3.8, 4) is 0 Å². The lowest BCUT2D eigenvalue weighted by Gasteiger charge is -2.21. The third kappa shape index (κ3) is 4.24. The Balaban J connectivity index is 2.01. The zero-order valence-corrected chi connectivity index (χ0v) is 8.76. The fraction of sp³-hybridized carbons (Fsp3) is 0.778. The molecule has 1 atom stereocenters. The summed E-state index contributed by atoms with van der Waals surface area (Å²) in [5, 5.41) is 0.891. The monoisotopic (exact) mass is 234 g/mol. The second kappa shape index (κ2) is 6.63. The van der Waals surface area contributed by atoms with Crippen LogP contribution in [-0.4, -0.2) is 24.8 Å². The van der Waals surface area contributed by atoms with Gasteiger partial charge < -0.3 is 9.47 Å². The molecule has 0 aromatic heterocycles. The first-order valence-corrected chi connectivity index (χ1v) is 5.50. The standard InChI is InChI=1S/C9H15BrO2/c10-6-2-4-8-12-9-5-1-3-7-11-9/h2,4,9H,1,3,5-8H2/b4-2-/t9-/m0/s1. The number of hydrogen-bond acceptors (Lipinski definition) is 2. The van der Waals surface area contributed by atoms with Gasteiger partial charge in [-0.1, -0.05) is 28.1 Å². The molecule has 2 nitrogen and oxygen atoms in total. The van der Waals surface area contributed by atoms with E-state index in [-0.39, 0.29) is 6.29 Å². The van der Waals surface area contributed by atoms with E-state index in [2.05, 4.69) is 15.9 Å². The molecule has 3 heteroatoms. The smallest absolute Gasteiger partial charge is 0.157 e. The summed E-state index contributed by atoms with van der Waals surface area (Å²) in [6.45, 7) is 1.52. The van der Waals surface area contributed by atoms with Gasteiger partial charge in [0.2, 0.25) is 0 Å². The number of allylic oxidation sites excluding steroid dienone is 1. The van der Waals surface area contributed by atoms with Gasteiger partial charge in [-0.2, -0.15) is 0 Å². The molecule has 0 unspecified atom stereocenters.